The first-order valence-electron chi connectivity index (χ1n) is 14.5. The molecule has 4 rings (SSSR count). The van der Waals surface area contributed by atoms with Gasteiger partial charge in [-0.05, 0) is 87.6 Å². The second kappa shape index (κ2) is 13.5. The highest BCUT2D eigenvalue weighted by Gasteiger charge is 2.34. The van der Waals surface area contributed by atoms with Crippen LogP contribution >= 0.6 is 0 Å². The number of halogens is 1. The zero-order valence-electron chi connectivity index (χ0n) is 24.8. The van der Waals surface area contributed by atoms with E-state index in [0.717, 1.165) is 53.1 Å². The molecule has 2 amide bonds. The van der Waals surface area contributed by atoms with Crippen LogP contribution in [0, 0.1) is 26.6 Å². The van der Waals surface area contributed by atoms with E-state index in [1.165, 1.54) is 29.2 Å². The maximum atomic E-state index is 14.1. The molecule has 0 unspecified atom stereocenters. The van der Waals surface area contributed by atoms with Crippen molar-refractivity contribution < 1.29 is 22.4 Å². The summed E-state index contributed by atoms with van der Waals surface area (Å²) in [5, 5.41) is 3.09. The van der Waals surface area contributed by atoms with Gasteiger partial charge < -0.3 is 10.2 Å². The number of aryl methyl sites for hydroxylation is 2. The van der Waals surface area contributed by atoms with Crippen LogP contribution in [0.1, 0.15) is 61.3 Å². The van der Waals surface area contributed by atoms with Crippen LogP contribution in [-0.4, -0.2) is 43.8 Å². The van der Waals surface area contributed by atoms with E-state index >= 15 is 0 Å². The first-order chi connectivity index (χ1) is 20.0. The average molecular weight is 594 g/mol. The molecule has 3 aromatic rings. The van der Waals surface area contributed by atoms with Crippen molar-refractivity contribution in [2.45, 2.75) is 83.3 Å². The number of amides is 2. The van der Waals surface area contributed by atoms with Gasteiger partial charge in [0.05, 0.1) is 10.6 Å². The Labute approximate surface area is 248 Å². The minimum atomic E-state index is -4.15. The summed E-state index contributed by atoms with van der Waals surface area (Å²) in [4.78, 5) is 29.0. The van der Waals surface area contributed by atoms with Gasteiger partial charge in [-0.2, -0.15) is 0 Å². The summed E-state index contributed by atoms with van der Waals surface area (Å²) in [7, 11) is -4.15. The Balaban J connectivity index is 1.70. The largest absolute Gasteiger partial charge is 0.352 e. The van der Waals surface area contributed by atoms with Crippen molar-refractivity contribution in [2.24, 2.45) is 0 Å². The minimum absolute atomic E-state index is 0.0174. The fourth-order valence-electron chi connectivity index (χ4n) is 5.29. The first kappa shape index (κ1) is 31.2. The molecule has 9 heteroatoms. The van der Waals surface area contributed by atoms with E-state index in [0.29, 0.717) is 11.3 Å². The monoisotopic (exact) mass is 593 g/mol. The lowest BCUT2D eigenvalue weighted by Crippen LogP contribution is -2.53. The summed E-state index contributed by atoms with van der Waals surface area (Å²) in [5.74, 6) is -1.25. The van der Waals surface area contributed by atoms with Crippen LogP contribution in [0.15, 0.2) is 71.6 Å². The molecule has 0 saturated heterocycles. The van der Waals surface area contributed by atoms with E-state index < -0.39 is 34.3 Å². The van der Waals surface area contributed by atoms with Crippen molar-refractivity contribution in [3.05, 3.63) is 94.8 Å². The number of benzene rings is 3. The molecule has 0 radical (unpaired) electrons. The third-order valence-corrected chi connectivity index (χ3v) is 9.89. The smallest absolute Gasteiger partial charge is 0.264 e. The van der Waals surface area contributed by atoms with Gasteiger partial charge in [0.1, 0.15) is 18.4 Å². The summed E-state index contributed by atoms with van der Waals surface area (Å²) in [6.07, 6.45) is 5.00. The van der Waals surface area contributed by atoms with E-state index in [4.69, 9.17) is 0 Å². The predicted octanol–water partition coefficient (Wildman–Crippen LogP) is 5.81. The third kappa shape index (κ3) is 7.37. The number of sulfonamides is 1. The van der Waals surface area contributed by atoms with E-state index in [2.05, 4.69) is 5.32 Å². The average Bonchev–Trinajstić information content (AvgIpc) is 2.97. The molecule has 1 atom stereocenters. The van der Waals surface area contributed by atoms with Crippen LogP contribution in [0.2, 0.25) is 0 Å². The number of rotatable bonds is 10. The van der Waals surface area contributed by atoms with Gasteiger partial charge in [-0.1, -0.05) is 61.2 Å². The third-order valence-electron chi connectivity index (χ3n) is 8.12. The number of nitrogens with one attached hydrogen (secondary N) is 1. The molecule has 1 N–H and O–H groups in total. The highest BCUT2D eigenvalue weighted by Crippen LogP contribution is 2.29. The van der Waals surface area contributed by atoms with Crippen molar-refractivity contribution in [1.29, 1.82) is 0 Å². The van der Waals surface area contributed by atoms with Gasteiger partial charge in [0.25, 0.3) is 10.0 Å². The summed E-state index contributed by atoms with van der Waals surface area (Å²) < 4.78 is 42.9. The second-order valence-electron chi connectivity index (χ2n) is 11.2. The Morgan fingerprint density at radius 2 is 1.57 bits per heavy atom. The number of nitrogens with zero attached hydrogens (tertiary/aromatic N) is 2. The maximum Gasteiger partial charge on any atom is 0.264 e. The van der Waals surface area contributed by atoms with Crippen molar-refractivity contribution >= 4 is 27.5 Å². The quantitative estimate of drug-likeness (QED) is 0.321. The van der Waals surface area contributed by atoms with Crippen LogP contribution in [0.3, 0.4) is 0 Å². The Bertz CT molecular complexity index is 1500. The highest BCUT2D eigenvalue weighted by molar-refractivity contribution is 7.92. The number of carbonyl (C=O) groups excluding carboxylic acids is 2. The lowest BCUT2D eigenvalue weighted by molar-refractivity contribution is -0.139. The van der Waals surface area contributed by atoms with Gasteiger partial charge in [0.2, 0.25) is 11.8 Å². The summed E-state index contributed by atoms with van der Waals surface area (Å²) >= 11 is 0. The van der Waals surface area contributed by atoms with Crippen molar-refractivity contribution in [2.75, 3.05) is 10.8 Å². The van der Waals surface area contributed by atoms with Gasteiger partial charge in [0.15, 0.2) is 0 Å². The molecule has 7 nitrogen and oxygen atoms in total. The molecule has 1 aliphatic rings. The Morgan fingerprint density at radius 1 is 0.929 bits per heavy atom. The number of hydrogen-bond acceptors (Lipinski definition) is 4. The fraction of sp³-hybridized carbons (Fsp3) is 0.394. The lowest BCUT2D eigenvalue weighted by atomic mass is 9.95. The van der Waals surface area contributed by atoms with Crippen LogP contribution in [-0.2, 0) is 26.2 Å². The molecule has 0 aliphatic heterocycles. The molecule has 1 aliphatic carbocycles. The zero-order valence-corrected chi connectivity index (χ0v) is 25.6. The Morgan fingerprint density at radius 3 is 2.21 bits per heavy atom. The van der Waals surface area contributed by atoms with Crippen LogP contribution < -0.4 is 9.62 Å². The van der Waals surface area contributed by atoms with Crippen molar-refractivity contribution in [3.63, 3.8) is 0 Å². The summed E-state index contributed by atoms with van der Waals surface area (Å²) in [5.41, 5.74) is 3.54. The van der Waals surface area contributed by atoms with Crippen LogP contribution in [0.25, 0.3) is 0 Å². The van der Waals surface area contributed by atoms with Gasteiger partial charge in [0, 0.05) is 12.6 Å². The number of carbonyl (C=O) groups is 2. The Kier molecular flexibility index (Phi) is 10.0. The normalized spacial score (nSPS) is 14.7. The molecule has 1 saturated carbocycles. The molecule has 3 aromatic carbocycles. The predicted molar refractivity (Wildman–Crippen MR) is 163 cm³/mol. The van der Waals surface area contributed by atoms with Crippen molar-refractivity contribution in [3.8, 4) is 0 Å². The molecule has 224 valence electrons. The maximum absolute atomic E-state index is 14.1. The molecule has 42 heavy (non-hydrogen) atoms. The molecule has 1 fully saturated rings. The standard InChI is InChI=1S/C33H40FN3O4S/c1-23-13-19-30(20-14-23)42(40,41)37(31-12-8-9-24(2)25(31)3)22-32(38)36(21-27-15-17-28(34)18-16-27)26(4)33(39)35-29-10-6-5-7-11-29/h8-9,12-20,26,29H,5-7,10-11,21-22H2,1-4H3,(H,35,39)/t26-/m1/s1. The molecule has 0 spiro atoms. The molecular formula is C33H40FN3O4S. The van der Waals surface area contributed by atoms with E-state index in [1.54, 1.807) is 43.3 Å². The van der Waals surface area contributed by atoms with Gasteiger partial charge in [-0.25, -0.2) is 12.8 Å². The molecular weight excluding hydrogens is 553 g/mol. The number of anilines is 1. The molecule has 0 aromatic heterocycles. The van der Waals surface area contributed by atoms with Gasteiger partial charge >= 0.3 is 0 Å². The SMILES string of the molecule is Cc1ccc(S(=O)(=O)N(CC(=O)N(Cc2ccc(F)cc2)[C@H](C)C(=O)NC2CCCCC2)c2cccc(C)c2C)cc1. The van der Waals surface area contributed by atoms with Gasteiger partial charge in [-0.3, -0.25) is 13.9 Å². The van der Waals surface area contributed by atoms with E-state index in [-0.39, 0.29) is 23.4 Å². The van der Waals surface area contributed by atoms with Crippen LogP contribution in [0.4, 0.5) is 10.1 Å². The van der Waals surface area contributed by atoms with E-state index in [1.807, 2.05) is 26.8 Å². The minimum Gasteiger partial charge on any atom is -0.352 e. The first-order valence-corrected chi connectivity index (χ1v) is 15.9. The van der Waals surface area contributed by atoms with Crippen LogP contribution in [0.5, 0.6) is 0 Å². The number of hydrogen-bond donors (Lipinski definition) is 1. The Hall–Kier alpha value is -3.72. The molecule has 0 bridgehead atoms. The summed E-state index contributed by atoms with van der Waals surface area (Å²) in [6.45, 7) is 6.73. The second-order valence-corrected chi connectivity index (χ2v) is 13.1. The highest BCUT2D eigenvalue weighted by atomic mass is 32.2. The topological polar surface area (TPSA) is 86.8 Å². The lowest BCUT2D eigenvalue weighted by Gasteiger charge is -2.33. The molecule has 0 heterocycles. The van der Waals surface area contributed by atoms with Gasteiger partial charge in [-0.15, -0.1) is 0 Å². The van der Waals surface area contributed by atoms with E-state index in [9.17, 15) is 22.4 Å². The van der Waals surface area contributed by atoms with Crippen molar-refractivity contribution in [1.82, 2.24) is 10.2 Å². The summed E-state index contributed by atoms with van der Waals surface area (Å²) in [6, 6.07) is 16.7. The fourth-order valence-corrected chi connectivity index (χ4v) is 6.77. The zero-order chi connectivity index (χ0) is 30.4.